The Morgan fingerprint density at radius 1 is 0.900 bits per heavy atom. The van der Waals surface area contributed by atoms with Crippen LogP contribution < -0.4 is 10.6 Å². The lowest BCUT2D eigenvalue weighted by atomic mass is 9.90. The lowest BCUT2D eigenvalue weighted by Gasteiger charge is -2.30. The molecule has 6 heteroatoms. The normalized spacial score (nSPS) is 18.3. The van der Waals surface area contributed by atoms with Crippen LogP contribution in [0.4, 0.5) is 5.69 Å². The topological polar surface area (TPSA) is 37.0 Å². The summed E-state index contributed by atoms with van der Waals surface area (Å²) in [6, 6.07) is 19.9. The van der Waals surface area contributed by atoms with Gasteiger partial charge in [-0.05, 0) is 74.9 Å². The standard InChI is InChI=1S/C24H28ClN3.2ClH/c25-19-8-13-22-23(14-16-27-24(22)17-19)28-21-11-9-20(10-12-21)26-15-4-7-18-5-2-1-3-6-18;;/h1-3,5-6,8,13-14,16-17,20-21,26H,4,7,9-12,15H2,(H,27,28);2*1H. The highest BCUT2D eigenvalue weighted by molar-refractivity contribution is 6.31. The summed E-state index contributed by atoms with van der Waals surface area (Å²) in [6.07, 6.45) is 9.09. The first kappa shape index (κ1) is 24.7. The van der Waals surface area contributed by atoms with Crippen molar-refractivity contribution in [3.05, 3.63) is 71.4 Å². The van der Waals surface area contributed by atoms with E-state index in [0.29, 0.717) is 12.1 Å². The minimum atomic E-state index is 0. The van der Waals surface area contributed by atoms with Crippen molar-refractivity contribution in [1.82, 2.24) is 10.3 Å². The fourth-order valence-corrected chi connectivity index (χ4v) is 4.32. The van der Waals surface area contributed by atoms with E-state index in [9.17, 15) is 0 Å². The number of nitrogens with one attached hydrogen (secondary N) is 2. The van der Waals surface area contributed by atoms with Gasteiger partial charge in [-0.1, -0.05) is 41.9 Å². The van der Waals surface area contributed by atoms with Gasteiger partial charge >= 0.3 is 0 Å². The monoisotopic (exact) mass is 465 g/mol. The van der Waals surface area contributed by atoms with Gasteiger partial charge in [0.05, 0.1) is 5.52 Å². The molecular formula is C24H30Cl3N3. The lowest BCUT2D eigenvalue weighted by Crippen LogP contribution is -2.37. The molecule has 2 aromatic carbocycles. The predicted octanol–water partition coefficient (Wildman–Crippen LogP) is 6.68. The molecule has 3 nitrogen and oxygen atoms in total. The lowest BCUT2D eigenvalue weighted by molar-refractivity contribution is 0.353. The number of hydrogen-bond acceptors (Lipinski definition) is 3. The number of nitrogens with zero attached hydrogens (tertiary/aromatic N) is 1. The molecule has 3 aromatic rings. The Hall–Kier alpha value is -1.52. The molecule has 2 N–H and O–H groups in total. The Bertz CT molecular complexity index is 897. The zero-order valence-corrected chi connectivity index (χ0v) is 19.4. The Kier molecular flexibility index (Phi) is 10.2. The van der Waals surface area contributed by atoms with E-state index in [1.807, 2.05) is 18.3 Å². The molecule has 162 valence electrons. The summed E-state index contributed by atoms with van der Waals surface area (Å²) in [7, 11) is 0. The van der Waals surface area contributed by atoms with E-state index in [-0.39, 0.29) is 24.8 Å². The number of fused-ring (bicyclic) bond motifs is 1. The number of pyridine rings is 1. The van der Waals surface area contributed by atoms with E-state index in [0.717, 1.165) is 28.9 Å². The van der Waals surface area contributed by atoms with Crippen LogP contribution in [0.1, 0.15) is 37.7 Å². The molecule has 1 heterocycles. The van der Waals surface area contributed by atoms with Crippen molar-refractivity contribution < 1.29 is 0 Å². The molecule has 1 aliphatic rings. The van der Waals surface area contributed by atoms with Gasteiger partial charge in [-0.15, -0.1) is 24.8 Å². The molecule has 30 heavy (non-hydrogen) atoms. The largest absolute Gasteiger partial charge is 0.382 e. The van der Waals surface area contributed by atoms with Gasteiger partial charge in [0.15, 0.2) is 0 Å². The van der Waals surface area contributed by atoms with Gasteiger partial charge in [0.25, 0.3) is 0 Å². The van der Waals surface area contributed by atoms with Crippen molar-refractivity contribution in [3.8, 4) is 0 Å². The minimum absolute atomic E-state index is 0. The molecule has 0 unspecified atom stereocenters. The zero-order chi connectivity index (χ0) is 19.2. The number of benzene rings is 2. The van der Waals surface area contributed by atoms with E-state index in [4.69, 9.17) is 11.6 Å². The zero-order valence-electron chi connectivity index (χ0n) is 17.0. The fourth-order valence-electron chi connectivity index (χ4n) is 4.15. The maximum atomic E-state index is 6.10. The molecule has 1 saturated carbocycles. The van der Waals surface area contributed by atoms with E-state index >= 15 is 0 Å². The molecular weight excluding hydrogens is 437 g/mol. The van der Waals surface area contributed by atoms with E-state index < -0.39 is 0 Å². The molecule has 4 rings (SSSR count). The van der Waals surface area contributed by atoms with Crippen molar-refractivity contribution in [2.45, 2.75) is 50.6 Å². The number of aryl methyl sites for hydroxylation is 1. The number of aromatic nitrogens is 1. The second kappa shape index (κ2) is 12.4. The van der Waals surface area contributed by atoms with Gasteiger partial charge in [0.1, 0.15) is 0 Å². The van der Waals surface area contributed by atoms with Crippen LogP contribution in [0.3, 0.4) is 0 Å². The summed E-state index contributed by atoms with van der Waals surface area (Å²) < 4.78 is 0. The Morgan fingerprint density at radius 2 is 1.63 bits per heavy atom. The first-order valence-corrected chi connectivity index (χ1v) is 10.7. The van der Waals surface area contributed by atoms with E-state index in [1.165, 1.54) is 43.4 Å². The number of hydrogen-bond donors (Lipinski definition) is 2. The first-order chi connectivity index (χ1) is 13.8. The smallest absolute Gasteiger partial charge is 0.0737 e. The second-order valence-electron chi connectivity index (χ2n) is 7.76. The average molecular weight is 467 g/mol. The van der Waals surface area contributed by atoms with Gasteiger partial charge in [-0.25, -0.2) is 0 Å². The van der Waals surface area contributed by atoms with Gasteiger partial charge in [-0.2, -0.15) is 0 Å². The van der Waals surface area contributed by atoms with Crippen LogP contribution in [-0.4, -0.2) is 23.6 Å². The van der Waals surface area contributed by atoms with E-state index in [1.54, 1.807) is 0 Å². The SMILES string of the molecule is Cl.Cl.Clc1ccc2c(NC3CCC(NCCCc4ccccc4)CC3)ccnc2c1. The fraction of sp³-hybridized carbons (Fsp3) is 0.375. The van der Waals surface area contributed by atoms with Crippen LogP contribution in [0, 0.1) is 0 Å². The molecule has 0 aliphatic heterocycles. The highest BCUT2D eigenvalue weighted by atomic mass is 35.5. The highest BCUT2D eigenvalue weighted by Gasteiger charge is 2.21. The van der Waals surface area contributed by atoms with Crippen molar-refractivity contribution in [2.75, 3.05) is 11.9 Å². The van der Waals surface area contributed by atoms with E-state index in [2.05, 4.69) is 58.1 Å². The van der Waals surface area contributed by atoms with Crippen molar-refractivity contribution in [1.29, 1.82) is 0 Å². The summed E-state index contributed by atoms with van der Waals surface area (Å²) in [4.78, 5) is 4.44. The molecule has 1 fully saturated rings. The van der Waals surface area contributed by atoms with Crippen molar-refractivity contribution in [2.24, 2.45) is 0 Å². The number of anilines is 1. The molecule has 0 saturated heterocycles. The van der Waals surface area contributed by atoms with Crippen molar-refractivity contribution >= 4 is 53.0 Å². The molecule has 1 aliphatic carbocycles. The van der Waals surface area contributed by atoms with Crippen LogP contribution in [0.2, 0.25) is 5.02 Å². The third-order valence-electron chi connectivity index (χ3n) is 5.71. The molecule has 0 spiro atoms. The maximum Gasteiger partial charge on any atom is 0.0737 e. The first-order valence-electron chi connectivity index (χ1n) is 10.4. The van der Waals surface area contributed by atoms with Crippen LogP contribution in [0.5, 0.6) is 0 Å². The highest BCUT2D eigenvalue weighted by Crippen LogP contribution is 2.28. The summed E-state index contributed by atoms with van der Waals surface area (Å²) in [5.41, 5.74) is 3.55. The summed E-state index contributed by atoms with van der Waals surface area (Å²) >= 11 is 6.10. The third-order valence-corrected chi connectivity index (χ3v) is 5.94. The van der Waals surface area contributed by atoms with Gasteiger partial charge < -0.3 is 10.6 Å². The van der Waals surface area contributed by atoms with Gasteiger partial charge in [0, 0.05) is 34.4 Å². The van der Waals surface area contributed by atoms with Crippen LogP contribution in [-0.2, 0) is 6.42 Å². The van der Waals surface area contributed by atoms with Crippen LogP contribution >= 0.6 is 36.4 Å². The van der Waals surface area contributed by atoms with Crippen molar-refractivity contribution in [3.63, 3.8) is 0 Å². The Labute approximate surface area is 196 Å². The Morgan fingerprint density at radius 3 is 2.40 bits per heavy atom. The summed E-state index contributed by atoms with van der Waals surface area (Å²) in [5.74, 6) is 0. The summed E-state index contributed by atoms with van der Waals surface area (Å²) in [5, 5.41) is 9.38. The minimum Gasteiger partial charge on any atom is -0.382 e. The average Bonchev–Trinajstić information content (AvgIpc) is 2.73. The quantitative estimate of drug-likeness (QED) is 0.381. The summed E-state index contributed by atoms with van der Waals surface area (Å²) in [6.45, 7) is 1.10. The Balaban J connectivity index is 0.00000160. The second-order valence-corrected chi connectivity index (χ2v) is 8.19. The van der Waals surface area contributed by atoms with Crippen LogP contribution in [0.15, 0.2) is 60.8 Å². The number of halogens is 3. The predicted molar refractivity (Wildman–Crippen MR) is 134 cm³/mol. The molecule has 0 radical (unpaired) electrons. The van der Waals surface area contributed by atoms with Gasteiger partial charge in [0.2, 0.25) is 0 Å². The molecule has 0 amide bonds. The maximum absolute atomic E-state index is 6.10. The van der Waals surface area contributed by atoms with Crippen LogP contribution in [0.25, 0.3) is 10.9 Å². The third kappa shape index (κ3) is 6.75. The molecule has 0 atom stereocenters. The molecule has 1 aromatic heterocycles. The number of rotatable bonds is 7. The van der Waals surface area contributed by atoms with Gasteiger partial charge in [-0.3, -0.25) is 4.98 Å². The molecule has 0 bridgehead atoms.